The first-order valence-electron chi connectivity index (χ1n) is 8.90. The van der Waals surface area contributed by atoms with Crippen LogP contribution in [0.5, 0.6) is 5.75 Å². The van der Waals surface area contributed by atoms with Crippen molar-refractivity contribution < 1.29 is 22.7 Å². The van der Waals surface area contributed by atoms with Crippen molar-refractivity contribution in [2.45, 2.75) is 0 Å². The van der Waals surface area contributed by atoms with Crippen molar-refractivity contribution in [3.63, 3.8) is 0 Å². The van der Waals surface area contributed by atoms with E-state index in [9.17, 15) is 18.0 Å². The van der Waals surface area contributed by atoms with E-state index in [2.05, 4.69) is 26.0 Å². The summed E-state index contributed by atoms with van der Waals surface area (Å²) < 4.78 is 29.1. The van der Waals surface area contributed by atoms with Gasteiger partial charge in [0.05, 0.1) is 15.6 Å². The van der Waals surface area contributed by atoms with Gasteiger partial charge in [-0.2, -0.15) is 10.0 Å². The zero-order chi connectivity index (χ0) is 23.0. The first kappa shape index (κ1) is 22.1. The Bertz CT molecular complexity index is 1370. The monoisotopic (exact) mass is 532 g/mol. The molecule has 4 rings (SSSR count). The molecule has 0 spiro atoms. The number of sulfone groups is 1. The summed E-state index contributed by atoms with van der Waals surface area (Å²) in [6.45, 7) is 0. The minimum atomic E-state index is -3.60. The maximum Gasteiger partial charge on any atom is 0.343 e. The molecule has 0 unspecified atom stereocenters. The zero-order valence-corrected chi connectivity index (χ0v) is 19.5. The second-order valence-electron chi connectivity index (χ2n) is 6.60. The number of carbonyl (C=O) groups excluding carboxylic acids is 2. The highest BCUT2D eigenvalue weighted by Crippen LogP contribution is 2.31. The summed E-state index contributed by atoms with van der Waals surface area (Å²) in [5.74, 6) is -1.21. The Morgan fingerprint density at radius 1 is 1.22 bits per heavy atom. The number of benzene rings is 2. The highest BCUT2D eigenvalue weighted by molar-refractivity contribution is 9.10. The number of hydrazone groups is 1. The molecule has 12 heteroatoms. The van der Waals surface area contributed by atoms with Gasteiger partial charge in [0, 0.05) is 6.26 Å². The van der Waals surface area contributed by atoms with Gasteiger partial charge in [0.25, 0.3) is 5.91 Å². The molecule has 2 aliphatic rings. The minimum absolute atomic E-state index is 0.0157. The molecular weight excluding hydrogens is 520 g/mol. The van der Waals surface area contributed by atoms with Crippen LogP contribution in [0.3, 0.4) is 0 Å². The van der Waals surface area contributed by atoms with Crippen LogP contribution >= 0.6 is 27.7 Å². The average Bonchev–Trinajstić information content (AvgIpc) is 3.18. The number of carbonyl (C=O) groups is 2. The molecule has 1 amide bonds. The van der Waals surface area contributed by atoms with Crippen LogP contribution in [-0.2, 0) is 14.6 Å². The lowest BCUT2D eigenvalue weighted by Gasteiger charge is -2.20. The lowest BCUT2D eigenvalue weighted by Crippen LogP contribution is -2.35. The van der Waals surface area contributed by atoms with Gasteiger partial charge in [0.15, 0.2) is 5.84 Å². The lowest BCUT2D eigenvalue weighted by molar-refractivity contribution is -0.114. The first-order chi connectivity index (χ1) is 15.1. The number of nitrogens with one attached hydrogen (secondary N) is 1. The molecule has 2 aromatic carbocycles. The molecule has 9 nitrogen and oxygen atoms in total. The van der Waals surface area contributed by atoms with E-state index < -0.39 is 21.7 Å². The molecule has 0 saturated carbocycles. The summed E-state index contributed by atoms with van der Waals surface area (Å²) in [6.07, 6.45) is 2.42. The molecule has 32 heavy (non-hydrogen) atoms. The summed E-state index contributed by atoms with van der Waals surface area (Å²) in [5, 5.41) is 13.2. The van der Waals surface area contributed by atoms with Crippen LogP contribution in [0.15, 0.2) is 68.7 Å². The number of ether oxygens (including phenoxy) is 1. The lowest BCUT2D eigenvalue weighted by atomic mass is 10.1. The van der Waals surface area contributed by atoms with Crippen LogP contribution in [0.4, 0.5) is 0 Å². The third kappa shape index (κ3) is 4.42. The van der Waals surface area contributed by atoms with Crippen molar-refractivity contribution in [2.75, 3.05) is 6.26 Å². The molecule has 0 aromatic heterocycles. The number of thioether (sulfide) groups is 1. The van der Waals surface area contributed by atoms with Crippen molar-refractivity contribution in [1.29, 1.82) is 5.41 Å². The van der Waals surface area contributed by atoms with E-state index in [1.54, 1.807) is 48.5 Å². The summed E-state index contributed by atoms with van der Waals surface area (Å²) >= 11 is 4.06. The summed E-state index contributed by atoms with van der Waals surface area (Å²) in [5.41, 5.74) is 0.870. The van der Waals surface area contributed by atoms with Crippen molar-refractivity contribution in [3.8, 4) is 5.75 Å². The molecule has 0 fully saturated rings. The Labute approximate surface area is 195 Å². The van der Waals surface area contributed by atoms with Gasteiger partial charge in [-0.05, 0) is 63.6 Å². The Balaban J connectivity index is 1.59. The highest BCUT2D eigenvalue weighted by atomic mass is 79.9. The molecule has 162 valence electrons. The predicted octanol–water partition coefficient (Wildman–Crippen LogP) is 3.29. The summed E-state index contributed by atoms with van der Waals surface area (Å²) in [4.78, 5) is 28.5. The minimum Gasteiger partial charge on any atom is -0.422 e. The number of hydrogen-bond donors (Lipinski definition) is 1. The normalized spacial score (nSPS) is 17.2. The van der Waals surface area contributed by atoms with Gasteiger partial charge in [-0.25, -0.2) is 13.2 Å². The molecule has 2 aromatic rings. The third-order valence-corrected chi connectivity index (χ3v) is 7.43. The molecule has 1 N–H and O–H groups in total. The average molecular weight is 533 g/mol. The zero-order valence-electron chi connectivity index (χ0n) is 16.3. The molecule has 0 radical (unpaired) electrons. The topological polar surface area (TPSA) is 129 Å². The van der Waals surface area contributed by atoms with Crippen molar-refractivity contribution >= 4 is 70.9 Å². The molecule has 0 atom stereocenters. The number of amides is 1. The standard InChI is InChI=1S/C20H13BrN4O5S2/c1-32(28,29)20-24-25-16(22)13(17(26)23-19(25)31-20)9-11-7-8-15(14(21)10-11)30-18(27)12-5-3-2-4-6-12/h2-10,22H,1H3/b13-9-,22-16?. The number of amidine groups is 2. The van der Waals surface area contributed by atoms with E-state index in [-0.39, 0.29) is 26.7 Å². The maximum absolute atomic E-state index is 12.4. The van der Waals surface area contributed by atoms with Crippen LogP contribution in [-0.4, -0.2) is 46.9 Å². The van der Waals surface area contributed by atoms with Crippen LogP contribution in [0, 0.1) is 5.41 Å². The molecule has 0 saturated heterocycles. The Morgan fingerprint density at radius 3 is 2.59 bits per heavy atom. The molecule has 2 heterocycles. The fourth-order valence-corrected chi connectivity index (χ4v) is 4.88. The maximum atomic E-state index is 12.4. The number of nitrogens with zero attached hydrogens (tertiary/aromatic N) is 3. The van der Waals surface area contributed by atoms with Gasteiger partial charge in [-0.3, -0.25) is 10.2 Å². The molecule has 0 bridgehead atoms. The third-order valence-electron chi connectivity index (χ3n) is 4.23. The van der Waals surface area contributed by atoms with Crippen LogP contribution in [0.1, 0.15) is 15.9 Å². The largest absolute Gasteiger partial charge is 0.422 e. The number of halogens is 1. The van der Waals surface area contributed by atoms with Crippen molar-refractivity contribution in [1.82, 2.24) is 5.01 Å². The van der Waals surface area contributed by atoms with E-state index in [0.29, 0.717) is 15.6 Å². The van der Waals surface area contributed by atoms with E-state index in [1.165, 1.54) is 6.08 Å². The van der Waals surface area contributed by atoms with Crippen molar-refractivity contribution in [2.24, 2.45) is 10.1 Å². The van der Waals surface area contributed by atoms with E-state index in [4.69, 9.17) is 10.1 Å². The number of rotatable bonds is 3. The van der Waals surface area contributed by atoms with Crippen LogP contribution in [0.2, 0.25) is 0 Å². The number of fused-ring (bicyclic) bond motifs is 1. The number of hydrogen-bond acceptors (Lipinski definition) is 8. The van der Waals surface area contributed by atoms with Gasteiger partial charge >= 0.3 is 5.97 Å². The summed E-state index contributed by atoms with van der Waals surface area (Å²) in [6, 6.07) is 13.3. The fourth-order valence-electron chi connectivity index (χ4n) is 2.71. The van der Waals surface area contributed by atoms with Gasteiger partial charge in [-0.1, -0.05) is 24.3 Å². The smallest absolute Gasteiger partial charge is 0.343 e. The highest BCUT2D eigenvalue weighted by Gasteiger charge is 2.38. The Hall–Kier alpha value is -3.09. The predicted molar refractivity (Wildman–Crippen MR) is 125 cm³/mol. The van der Waals surface area contributed by atoms with Gasteiger partial charge in [0.2, 0.25) is 19.4 Å². The second-order valence-corrected chi connectivity index (χ2v) is 10.6. The van der Waals surface area contributed by atoms with Gasteiger partial charge in [-0.15, -0.1) is 5.10 Å². The van der Waals surface area contributed by atoms with Crippen LogP contribution < -0.4 is 4.74 Å². The summed E-state index contributed by atoms with van der Waals surface area (Å²) in [7, 11) is -3.60. The quantitative estimate of drug-likeness (QED) is 0.364. The first-order valence-corrected chi connectivity index (χ1v) is 12.4. The van der Waals surface area contributed by atoms with Crippen LogP contribution in [0.25, 0.3) is 6.08 Å². The van der Waals surface area contributed by atoms with E-state index in [1.807, 2.05) is 0 Å². The second kappa shape index (κ2) is 8.45. The molecule has 2 aliphatic heterocycles. The van der Waals surface area contributed by atoms with E-state index >= 15 is 0 Å². The fraction of sp³-hybridized carbons (Fsp3) is 0.0500. The Kier molecular flexibility index (Phi) is 5.84. The SMILES string of the molecule is CS(=O)(=O)C1=NN2C(=N)/C(=C/c3ccc(OC(=O)c4ccccc4)c(Br)c3)C(=O)N=C2S1. The van der Waals surface area contributed by atoms with Gasteiger partial charge in [0.1, 0.15) is 5.75 Å². The van der Waals surface area contributed by atoms with E-state index in [0.717, 1.165) is 23.0 Å². The molecule has 0 aliphatic carbocycles. The number of esters is 1. The molecular formula is C20H13BrN4O5S2. The number of aliphatic imine (C=N–C) groups is 1. The van der Waals surface area contributed by atoms with Gasteiger partial charge < -0.3 is 4.74 Å². The Morgan fingerprint density at radius 2 is 1.94 bits per heavy atom. The van der Waals surface area contributed by atoms with Crippen molar-refractivity contribution in [3.05, 3.63) is 69.7 Å².